The van der Waals surface area contributed by atoms with Gasteiger partial charge in [-0.25, -0.2) is 17.8 Å². The molecule has 9 heteroatoms. The van der Waals surface area contributed by atoms with E-state index in [9.17, 15) is 13.2 Å². The quantitative estimate of drug-likeness (QED) is 0.803. The van der Waals surface area contributed by atoms with Crippen LogP contribution < -0.4 is 4.72 Å². The van der Waals surface area contributed by atoms with Crippen LogP contribution in [-0.4, -0.2) is 49.4 Å². The van der Waals surface area contributed by atoms with Gasteiger partial charge in [-0.05, 0) is 43.4 Å². The van der Waals surface area contributed by atoms with Crippen molar-refractivity contribution in [3.05, 3.63) is 42.2 Å². The molecule has 1 N–H and O–H groups in total. The maximum Gasteiger partial charge on any atom is 0.267 e. The SMILES string of the molecule is CON1CCC(CC(=O)NS(=O)(=O)c2cnn(-c3cccc(C)c3)c2)CC1. The van der Waals surface area contributed by atoms with Gasteiger partial charge in [0, 0.05) is 19.5 Å². The van der Waals surface area contributed by atoms with Crippen molar-refractivity contribution in [2.45, 2.75) is 31.1 Å². The Bertz CT molecular complexity index is 902. The number of carbonyl (C=O) groups excluding carboxylic acids is 1. The van der Waals surface area contributed by atoms with Gasteiger partial charge in [0.05, 0.1) is 25.2 Å². The van der Waals surface area contributed by atoms with E-state index in [1.54, 1.807) is 7.11 Å². The van der Waals surface area contributed by atoms with Crippen molar-refractivity contribution in [3.63, 3.8) is 0 Å². The minimum Gasteiger partial charge on any atom is -0.302 e. The molecule has 0 unspecified atom stereocenters. The van der Waals surface area contributed by atoms with Gasteiger partial charge in [-0.1, -0.05) is 12.1 Å². The molecular formula is C18H24N4O4S. The smallest absolute Gasteiger partial charge is 0.267 e. The lowest BCUT2D eigenvalue weighted by atomic mass is 9.94. The number of aryl methyl sites for hydroxylation is 1. The number of nitrogens with zero attached hydrogens (tertiary/aromatic N) is 3. The van der Waals surface area contributed by atoms with Gasteiger partial charge in [-0.15, -0.1) is 0 Å². The fourth-order valence-electron chi connectivity index (χ4n) is 3.17. The molecule has 1 aromatic carbocycles. The van der Waals surface area contributed by atoms with Gasteiger partial charge >= 0.3 is 0 Å². The molecule has 3 rings (SSSR count). The van der Waals surface area contributed by atoms with Crippen LogP contribution in [0.5, 0.6) is 0 Å². The number of carbonyl (C=O) groups is 1. The minimum absolute atomic E-state index is 0.0356. The Hall–Kier alpha value is -2.23. The largest absolute Gasteiger partial charge is 0.302 e. The van der Waals surface area contributed by atoms with E-state index in [0.717, 1.165) is 37.2 Å². The van der Waals surface area contributed by atoms with Crippen LogP contribution in [0.1, 0.15) is 24.8 Å². The van der Waals surface area contributed by atoms with Crippen LogP contribution in [0.15, 0.2) is 41.6 Å². The molecule has 0 saturated carbocycles. The first-order valence-electron chi connectivity index (χ1n) is 8.84. The fraction of sp³-hybridized carbons (Fsp3) is 0.444. The summed E-state index contributed by atoms with van der Waals surface area (Å²) in [5.74, 6) is -0.337. The number of hydroxylamine groups is 2. The summed E-state index contributed by atoms with van der Waals surface area (Å²) < 4.78 is 28.6. The second kappa shape index (κ2) is 8.20. The van der Waals surface area contributed by atoms with Crippen LogP contribution in [0.25, 0.3) is 5.69 Å². The standard InChI is InChI=1S/C18H24N4O4S/c1-14-4-3-5-16(10-14)22-13-17(12-19-22)27(24,25)20-18(23)11-15-6-8-21(26-2)9-7-15/h3-5,10,12-13,15H,6-9,11H2,1-2H3,(H,20,23). The summed E-state index contributed by atoms with van der Waals surface area (Å²) in [6.07, 6.45) is 4.43. The van der Waals surface area contributed by atoms with E-state index in [0.29, 0.717) is 0 Å². The van der Waals surface area contributed by atoms with Crippen molar-refractivity contribution < 1.29 is 18.0 Å². The van der Waals surface area contributed by atoms with E-state index in [1.807, 2.05) is 36.3 Å². The fourth-order valence-corrected chi connectivity index (χ4v) is 4.09. The highest BCUT2D eigenvalue weighted by atomic mass is 32.2. The van der Waals surface area contributed by atoms with Crippen LogP contribution in [0.3, 0.4) is 0 Å². The molecule has 146 valence electrons. The molecule has 27 heavy (non-hydrogen) atoms. The number of amides is 1. The summed E-state index contributed by atoms with van der Waals surface area (Å²) in [4.78, 5) is 17.3. The molecular weight excluding hydrogens is 368 g/mol. The third-order valence-corrected chi connectivity index (χ3v) is 6.02. The molecule has 0 aliphatic carbocycles. The maximum atomic E-state index is 12.5. The monoisotopic (exact) mass is 392 g/mol. The summed E-state index contributed by atoms with van der Waals surface area (Å²) in [6.45, 7) is 3.43. The maximum absolute atomic E-state index is 12.5. The van der Waals surface area contributed by atoms with Crippen LogP contribution in [0.4, 0.5) is 0 Å². The van der Waals surface area contributed by atoms with E-state index in [-0.39, 0.29) is 17.2 Å². The molecule has 2 heterocycles. The molecule has 1 saturated heterocycles. The number of hydrogen-bond donors (Lipinski definition) is 1. The minimum atomic E-state index is -3.94. The Morgan fingerprint density at radius 2 is 2.07 bits per heavy atom. The summed E-state index contributed by atoms with van der Waals surface area (Å²) in [5, 5.41) is 5.94. The number of sulfonamides is 1. The Labute approximate surface area is 159 Å². The first-order valence-corrected chi connectivity index (χ1v) is 10.3. The first-order chi connectivity index (χ1) is 12.9. The topological polar surface area (TPSA) is 93.5 Å². The lowest BCUT2D eigenvalue weighted by molar-refractivity contribution is -0.149. The molecule has 0 atom stereocenters. The molecule has 1 aliphatic heterocycles. The molecule has 8 nitrogen and oxygen atoms in total. The third-order valence-electron chi connectivity index (χ3n) is 4.69. The predicted molar refractivity (Wildman–Crippen MR) is 99.6 cm³/mol. The Kier molecular flexibility index (Phi) is 5.93. The van der Waals surface area contributed by atoms with Crippen LogP contribution >= 0.6 is 0 Å². The van der Waals surface area contributed by atoms with E-state index < -0.39 is 15.9 Å². The van der Waals surface area contributed by atoms with E-state index in [4.69, 9.17) is 4.84 Å². The zero-order valence-electron chi connectivity index (χ0n) is 15.5. The van der Waals surface area contributed by atoms with Crippen molar-refractivity contribution in [1.29, 1.82) is 0 Å². The van der Waals surface area contributed by atoms with Gasteiger partial charge in [-0.2, -0.15) is 10.2 Å². The van der Waals surface area contributed by atoms with Crippen molar-refractivity contribution in [1.82, 2.24) is 19.6 Å². The molecule has 1 aliphatic rings. The molecule has 1 aromatic heterocycles. The van der Waals surface area contributed by atoms with E-state index >= 15 is 0 Å². The van der Waals surface area contributed by atoms with Crippen molar-refractivity contribution in [2.24, 2.45) is 5.92 Å². The van der Waals surface area contributed by atoms with Crippen molar-refractivity contribution in [3.8, 4) is 5.69 Å². The highest BCUT2D eigenvalue weighted by Gasteiger charge is 2.25. The van der Waals surface area contributed by atoms with Crippen molar-refractivity contribution >= 4 is 15.9 Å². The third kappa shape index (κ3) is 4.94. The van der Waals surface area contributed by atoms with E-state index in [2.05, 4.69) is 9.82 Å². The Morgan fingerprint density at radius 1 is 1.33 bits per heavy atom. The Morgan fingerprint density at radius 3 is 2.74 bits per heavy atom. The van der Waals surface area contributed by atoms with Gasteiger partial charge in [-0.3, -0.25) is 4.79 Å². The average molecular weight is 392 g/mol. The highest BCUT2D eigenvalue weighted by Crippen LogP contribution is 2.21. The van der Waals surface area contributed by atoms with Gasteiger partial charge < -0.3 is 4.84 Å². The summed E-state index contributed by atoms with van der Waals surface area (Å²) in [5.41, 5.74) is 1.80. The summed E-state index contributed by atoms with van der Waals surface area (Å²) in [7, 11) is -2.32. The molecule has 0 radical (unpaired) electrons. The number of nitrogens with one attached hydrogen (secondary N) is 1. The number of piperidine rings is 1. The van der Waals surface area contributed by atoms with Crippen LogP contribution in [0.2, 0.25) is 0 Å². The molecule has 0 spiro atoms. The van der Waals surface area contributed by atoms with E-state index in [1.165, 1.54) is 17.1 Å². The lowest BCUT2D eigenvalue weighted by Crippen LogP contribution is -2.36. The molecule has 2 aromatic rings. The molecule has 1 amide bonds. The zero-order chi connectivity index (χ0) is 19.4. The van der Waals surface area contributed by atoms with Gasteiger partial charge in [0.1, 0.15) is 4.90 Å². The number of aromatic nitrogens is 2. The number of rotatable bonds is 6. The second-order valence-corrected chi connectivity index (χ2v) is 8.43. The van der Waals surface area contributed by atoms with Gasteiger partial charge in [0.15, 0.2) is 0 Å². The normalized spacial score (nSPS) is 16.4. The number of benzene rings is 1. The zero-order valence-corrected chi connectivity index (χ0v) is 16.3. The van der Waals surface area contributed by atoms with Crippen molar-refractivity contribution in [2.75, 3.05) is 20.2 Å². The molecule has 0 bridgehead atoms. The second-order valence-electron chi connectivity index (χ2n) is 6.75. The predicted octanol–water partition coefficient (Wildman–Crippen LogP) is 1.65. The lowest BCUT2D eigenvalue weighted by Gasteiger charge is -2.29. The summed E-state index contributed by atoms with van der Waals surface area (Å²) >= 11 is 0. The van der Waals surface area contributed by atoms with Gasteiger partial charge in [0.25, 0.3) is 10.0 Å². The van der Waals surface area contributed by atoms with Gasteiger partial charge in [0.2, 0.25) is 5.91 Å². The Balaban J connectivity index is 1.62. The van der Waals surface area contributed by atoms with Crippen LogP contribution in [0, 0.1) is 12.8 Å². The van der Waals surface area contributed by atoms with Crippen LogP contribution in [-0.2, 0) is 19.7 Å². The number of hydrogen-bond acceptors (Lipinski definition) is 6. The average Bonchev–Trinajstić information content (AvgIpc) is 3.13. The molecule has 1 fully saturated rings. The highest BCUT2D eigenvalue weighted by molar-refractivity contribution is 7.90. The first kappa shape index (κ1) is 19.5. The summed E-state index contributed by atoms with van der Waals surface area (Å²) in [6, 6.07) is 7.55.